The van der Waals surface area contributed by atoms with Gasteiger partial charge in [-0.15, -0.1) is 0 Å². The monoisotopic (exact) mass is 273 g/mol. The normalized spacial score (nSPS) is 19.2. The second kappa shape index (κ2) is 4.24. The molecule has 21 heavy (non-hydrogen) atoms. The number of nitrogens with zero attached hydrogens (tertiary/aromatic N) is 1. The number of fused-ring (bicyclic) bond motifs is 7. The van der Waals surface area contributed by atoms with Crippen molar-refractivity contribution in [3.05, 3.63) is 64.4 Å². The van der Waals surface area contributed by atoms with Crippen LogP contribution in [0.1, 0.15) is 35.1 Å². The average Bonchev–Trinajstić information content (AvgIpc) is 3.01. The highest BCUT2D eigenvalue weighted by Crippen LogP contribution is 2.40. The van der Waals surface area contributed by atoms with Gasteiger partial charge in [0, 0.05) is 18.8 Å². The molecule has 5 rings (SSSR count). The Morgan fingerprint density at radius 1 is 0.857 bits per heavy atom. The molecule has 0 saturated carbocycles. The maximum Gasteiger partial charge on any atom is 0.0445 e. The molecule has 0 radical (unpaired) electrons. The highest BCUT2D eigenvalue weighted by atomic mass is 15.1. The molecule has 1 nitrogen and oxygen atoms in total. The number of rotatable bonds is 0. The van der Waals surface area contributed by atoms with Gasteiger partial charge in [0.05, 0.1) is 0 Å². The summed E-state index contributed by atoms with van der Waals surface area (Å²) in [4.78, 5) is 2.49. The van der Waals surface area contributed by atoms with Gasteiger partial charge in [0.15, 0.2) is 0 Å². The van der Waals surface area contributed by atoms with Crippen molar-refractivity contribution in [3.63, 3.8) is 0 Å². The van der Waals surface area contributed by atoms with E-state index in [0.717, 1.165) is 13.1 Å². The molecule has 0 spiro atoms. The second-order valence-electron chi connectivity index (χ2n) is 6.45. The van der Waals surface area contributed by atoms with Crippen LogP contribution in [-0.2, 0) is 19.4 Å². The van der Waals surface area contributed by atoms with Crippen molar-refractivity contribution in [2.45, 2.75) is 32.2 Å². The SMILES string of the molecule is C1=CC2=Cc3c4c(c5ccccc5c3CN2C1)CCCC4. The van der Waals surface area contributed by atoms with Gasteiger partial charge in [-0.2, -0.15) is 0 Å². The molecule has 104 valence electrons. The van der Waals surface area contributed by atoms with Gasteiger partial charge in [-0.1, -0.05) is 30.3 Å². The van der Waals surface area contributed by atoms with Crippen molar-refractivity contribution in [2.24, 2.45) is 0 Å². The summed E-state index contributed by atoms with van der Waals surface area (Å²) in [7, 11) is 0. The standard InChI is InChI=1S/C20H19N/c1-3-9-17-15(7-1)16-8-2-4-10-18(16)20-13-21-11-5-6-14(21)12-19(17)20/h2,4-6,8,10,12H,1,3,7,9,11,13H2. The fourth-order valence-electron chi connectivity index (χ4n) is 4.33. The minimum atomic E-state index is 1.07. The lowest BCUT2D eigenvalue weighted by atomic mass is 9.80. The molecule has 2 heterocycles. The van der Waals surface area contributed by atoms with Gasteiger partial charge < -0.3 is 4.90 Å². The Labute approximate surface area is 125 Å². The smallest absolute Gasteiger partial charge is 0.0445 e. The predicted molar refractivity (Wildman–Crippen MR) is 88.1 cm³/mol. The third-order valence-electron chi connectivity index (χ3n) is 5.32. The molecule has 0 atom stereocenters. The van der Waals surface area contributed by atoms with Gasteiger partial charge in [-0.3, -0.25) is 0 Å². The van der Waals surface area contributed by atoms with Gasteiger partial charge in [0.2, 0.25) is 0 Å². The largest absolute Gasteiger partial charge is 0.363 e. The van der Waals surface area contributed by atoms with Crippen LogP contribution in [-0.4, -0.2) is 11.4 Å². The highest BCUT2D eigenvalue weighted by Gasteiger charge is 2.26. The summed E-state index contributed by atoms with van der Waals surface area (Å²) >= 11 is 0. The van der Waals surface area contributed by atoms with Gasteiger partial charge in [0.25, 0.3) is 0 Å². The first kappa shape index (κ1) is 11.6. The molecule has 1 aliphatic carbocycles. The number of hydrogen-bond donors (Lipinski definition) is 0. The van der Waals surface area contributed by atoms with E-state index in [-0.39, 0.29) is 0 Å². The Hall–Kier alpha value is -2.02. The van der Waals surface area contributed by atoms with E-state index in [9.17, 15) is 0 Å². The number of aryl methyl sites for hydroxylation is 1. The Morgan fingerprint density at radius 3 is 2.48 bits per heavy atom. The molecule has 0 N–H and O–H groups in total. The fraction of sp³-hybridized carbons (Fsp3) is 0.300. The van der Waals surface area contributed by atoms with E-state index in [1.165, 1.54) is 42.2 Å². The lowest BCUT2D eigenvalue weighted by molar-refractivity contribution is 0.399. The quantitative estimate of drug-likeness (QED) is 0.685. The van der Waals surface area contributed by atoms with Crippen LogP contribution in [0.5, 0.6) is 0 Å². The molecule has 0 fully saturated rings. The topological polar surface area (TPSA) is 3.24 Å². The molecule has 2 aromatic rings. The zero-order chi connectivity index (χ0) is 13.8. The maximum atomic E-state index is 2.49. The zero-order valence-corrected chi connectivity index (χ0v) is 12.2. The third-order valence-corrected chi connectivity index (χ3v) is 5.32. The van der Waals surface area contributed by atoms with Crippen LogP contribution in [0.2, 0.25) is 0 Å². The van der Waals surface area contributed by atoms with E-state index in [2.05, 4.69) is 47.4 Å². The van der Waals surface area contributed by atoms with Crippen LogP contribution in [0, 0.1) is 0 Å². The molecule has 2 aromatic carbocycles. The first-order valence-corrected chi connectivity index (χ1v) is 8.10. The zero-order valence-electron chi connectivity index (χ0n) is 12.2. The lowest BCUT2D eigenvalue weighted by Gasteiger charge is -2.31. The Balaban J connectivity index is 1.89. The van der Waals surface area contributed by atoms with Crippen LogP contribution in [0.4, 0.5) is 0 Å². The summed E-state index contributed by atoms with van der Waals surface area (Å²) in [5.74, 6) is 0. The molecule has 0 aromatic heterocycles. The molecule has 0 amide bonds. The first-order valence-electron chi connectivity index (χ1n) is 8.10. The predicted octanol–water partition coefficient (Wildman–Crippen LogP) is 4.44. The van der Waals surface area contributed by atoms with Gasteiger partial charge >= 0.3 is 0 Å². The third kappa shape index (κ3) is 1.58. The van der Waals surface area contributed by atoms with E-state index in [4.69, 9.17) is 0 Å². The number of hydrogen-bond acceptors (Lipinski definition) is 1. The minimum Gasteiger partial charge on any atom is -0.363 e. The van der Waals surface area contributed by atoms with Crippen molar-refractivity contribution >= 4 is 16.8 Å². The van der Waals surface area contributed by atoms with E-state index < -0.39 is 0 Å². The van der Waals surface area contributed by atoms with Crippen molar-refractivity contribution < 1.29 is 0 Å². The highest BCUT2D eigenvalue weighted by molar-refractivity contribution is 5.94. The lowest BCUT2D eigenvalue weighted by Crippen LogP contribution is -2.23. The van der Waals surface area contributed by atoms with Gasteiger partial charge in [0.1, 0.15) is 0 Å². The summed E-state index contributed by atoms with van der Waals surface area (Å²) < 4.78 is 0. The fourth-order valence-corrected chi connectivity index (χ4v) is 4.33. The average molecular weight is 273 g/mol. The molecule has 0 unspecified atom stereocenters. The van der Waals surface area contributed by atoms with Crippen molar-refractivity contribution in [1.29, 1.82) is 0 Å². The van der Waals surface area contributed by atoms with Crippen LogP contribution < -0.4 is 0 Å². The van der Waals surface area contributed by atoms with Crippen molar-refractivity contribution in [3.8, 4) is 0 Å². The minimum absolute atomic E-state index is 1.07. The summed E-state index contributed by atoms with van der Waals surface area (Å²) in [5.41, 5.74) is 7.77. The molecule has 0 bridgehead atoms. The van der Waals surface area contributed by atoms with Crippen molar-refractivity contribution in [1.82, 2.24) is 4.90 Å². The van der Waals surface area contributed by atoms with Crippen LogP contribution >= 0.6 is 0 Å². The number of benzene rings is 2. The van der Waals surface area contributed by atoms with E-state index in [1.54, 1.807) is 22.3 Å². The first-order chi connectivity index (χ1) is 10.4. The van der Waals surface area contributed by atoms with Crippen LogP contribution in [0.3, 0.4) is 0 Å². The van der Waals surface area contributed by atoms with Gasteiger partial charge in [-0.25, -0.2) is 0 Å². The Kier molecular flexibility index (Phi) is 2.34. The van der Waals surface area contributed by atoms with Crippen LogP contribution in [0.15, 0.2) is 42.1 Å². The summed E-state index contributed by atoms with van der Waals surface area (Å²) in [6.07, 6.45) is 12.2. The van der Waals surface area contributed by atoms with Gasteiger partial charge in [-0.05, 0) is 70.9 Å². The summed E-state index contributed by atoms with van der Waals surface area (Å²) in [6.45, 7) is 2.14. The molecule has 0 saturated heterocycles. The van der Waals surface area contributed by atoms with Crippen molar-refractivity contribution in [2.75, 3.05) is 6.54 Å². The van der Waals surface area contributed by atoms with E-state index in [1.807, 2.05) is 0 Å². The second-order valence-corrected chi connectivity index (χ2v) is 6.45. The summed E-state index contributed by atoms with van der Waals surface area (Å²) in [5, 5.41) is 2.99. The summed E-state index contributed by atoms with van der Waals surface area (Å²) in [6, 6.07) is 9.05. The molecule has 3 aliphatic rings. The Morgan fingerprint density at radius 2 is 1.62 bits per heavy atom. The maximum absolute atomic E-state index is 2.49. The van der Waals surface area contributed by atoms with E-state index >= 15 is 0 Å². The molecule has 1 heteroatoms. The molecular formula is C20H19N. The van der Waals surface area contributed by atoms with Crippen LogP contribution in [0.25, 0.3) is 16.8 Å². The molecular weight excluding hydrogens is 254 g/mol. The molecule has 2 aliphatic heterocycles. The van der Waals surface area contributed by atoms with E-state index in [0.29, 0.717) is 0 Å². The Bertz CT molecular complexity index is 810. The number of allylic oxidation sites excluding steroid dienone is 1.